The third-order valence-corrected chi connectivity index (χ3v) is 2.67. The van der Waals surface area contributed by atoms with E-state index >= 15 is 0 Å². The summed E-state index contributed by atoms with van der Waals surface area (Å²) in [5.74, 6) is -0.635. The van der Waals surface area contributed by atoms with E-state index in [1.165, 1.54) is 19.2 Å². The number of carbonyl (C=O) groups excluding carboxylic acids is 1. The molecule has 0 aliphatic heterocycles. The summed E-state index contributed by atoms with van der Waals surface area (Å²) in [5.41, 5.74) is 5.41. The van der Waals surface area contributed by atoms with Crippen molar-refractivity contribution in [2.24, 2.45) is 11.7 Å². The predicted molar refractivity (Wildman–Crippen MR) is 61.8 cm³/mol. The Balaban J connectivity index is 2.77. The lowest BCUT2D eigenvalue weighted by Gasteiger charge is -2.13. The molecule has 0 saturated carbocycles. The Morgan fingerprint density at radius 3 is 2.28 bits per heavy atom. The van der Waals surface area contributed by atoms with Crippen molar-refractivity contribution < 1.29 is 18.0 Å². The minimum atomic E-state index is -4.34. The number of halogens is 3. The minimum Gasteiger partial charge on any atom is -0.359 e. The molecular formula is C12H15F3N2O. The molecule has 3 N–H and O–H groups in total. The number of rotatable bonds is 4. The summed E-state index contributed by atoms with van der Waals surface area (Å²) in [5, 5.41) is 2.47. The summed E-state index contributed by atoms with van der Waals surface area (Å²) in [4.78, 5) is 11.4. The molecule has 18 heavy (non-hydrogen) atoms. The topological polar surface area (TPSA) is 55.1 Å². The van der Waals surface area contributed by atoms with E-state index < -0.39 is 17.7 Å². The zero-order valence-electron chi connectivity index (χ0n) is 9.92. The molecule has 0 saturated heterocycles. The number of nitrogens with two attached hydrogens (primary N) is 1. The van der Waals surface area contributed by atoms with Gasteiger partial charge in [-0.05, 0) is 24.1 Å². The third kappa shape index (κ3) is 3.73. The van der Waals surface area contributed by atoms with Crippen LogP contribution < -0.4 is 11.1 Å². The first-order valence-corrected chi connectivity index (χ1v) is 5.46. The second-order valence-corrected chi connectivity index (χ2v) is 3.95. The molecule has 0 heterocycles. The molecule has 6 heteroatoms. The van der Waals surface area contributed by atoms with Crippen LogP contribution >= 0.6 is 0 Å². The maximum atomic E-state index is 12.3. The summed E-state index contributed by atoms with van der Waals surface area (Å²) in [6.07, 6.45) is -4.01. The molecule has 0 radical (unpaired) electrons. The van der Waals surface area contributed by atoms with Gasteiger partial charge in [-0.3, -0.25) is 4.79 Å². The fourth-order valence-corrected chi connectivity index (χ4v) is 1.60. The van der Waals surface area contributed by atoms with Crippen LogP contribution in [0, 0.1) is 5.92 Å². The van der Waals surface area contributed by atoms with Crippen molar-refractivity contribution in [1.29, 1.82) is 0 Å². The summed E-state index contributed by atoms with van der Waals surface area (Å²) in [7, 11) is 1.50. The first-order valence-electron chi connectivity index (χ1n) is 5.46. The molecular weight excluding hydrogens is 245 g/mol. The number of nitrogens with one attached hydrogen (secondary N) is 1. The summed E-state index contributed by atoms with van der Waals surface area (Å²) in [6, 6.07) is 4.75. The second kappa shape index (κ2) is 5.86. The molecule has 100 valence electrons. The van der Waals surface area contributed by atoms with Gasteiger partial charge in [-0.25, -0.2) is 0 Å². The summed E-state index contributed by atoms with van der Waals surface area (Å²) < 4.78 is 37.0. The smallest absolute Gasteiger partial charge is 0.359 e. The maximum absolute atomic E-state index is 12.3. The van der Waals surface area contributed by atoms with E-state index in [1.807, 2.05) is 0 Å². The lowest BCUT2D eigenvalue weighted by molar-refractivity contribution is -0.137. The van der Waals surface area contributed by atoms with Gasteiger partial charge in [0.25, 0.3) is 0 Å². The van der Waals surface area contributed by atoms with Crippen molar-refractivity contribution >= 4 is 5.91 Å². The Hall–Kier alpha value is -1.56. The van der Waals surface area contributed by atoms with E-state index in [9.17, 15) is 18.0 Å². The molecule has 1 aromatic rings. The van der Waals surface area contributed by atoms with E-state index in [4.69, 9.17) is 5.73 Å². The van der Waals surface area contributed by atoms with Gasteiger partial charge in [0, 0.05) is 13.6 Å². The Labute approximate surface area is 103 Å². The standard InChI is InChI=1S/C12H15F3N2O/c1-17-11(18)9(7-16)6-8-2-4-10(5-3-8)12(13,14)15/h2-5,9H,6-7,16H2,1H3,(H,17,18)/t9-/m0/s1. The SMILES string of the molecule is CNC(=O)[C@H](CN)Cc1ccc(C(F)(F)F)cc1. The molecule has 0 aliphatic carbocycles. The van der Waals surface area contributed by atoms with Crippen LogP contribution in [0.1, 0.15) is 11.1 Å². The number of alkyl halides is 3. The number of amides is 1. The number of carbonyl (C=O) groups is 1. The van der Waals surface area contributed by atoms with Crippen LogP contribution in [0.25, 0.3) is 0 Å². The lowest BCUT2D eigenvalue weighted by Crippen LogP contribution is -2.34. The van der Waals surface area contributed by atoms with E-state index in [2.05, 4.69) is 5.32 Å². The number of benzene rings is 1. The van der Waals surface area contributed by atoms with Crippen molar-refractivity contribution in [2.75, 3.05) is 13.6 Å². The lowest BCUT2D eigenvalue weighted by atomic mass is 9.98. The van der Waals surface area contributed by atoms with Gasteiger partial charge in [-0.2, -0.15) is 13.2 Å². The summed E-state index contributed by atoms with van der Waals surface area (Å²) in [6.45, 7) is 0.153. The largest absolute Gasteiger partial charge is 0.416 e. The number of hydrogen-bond acceptors (Lipinski definition) is 2. The molecule has 0 bridgehead atoms. The third-order valence-electron chi connectivity index (χ3n) is 2.67. The van der Waals surface area contributed by atoms with Gasteiger partial charge in [-0.1, -0.05) is 12.1 Å². The number of hydrogen-bond donors (Lipinski definition) is 2. The molecule has 0 spiro atoms. The van der Waals surface area contributed by atoms with Gasteiger partial charge in [0.2, 0.25) is 5.91 Å². The first-order chi connectivity index (χ1) is 8.38. The Morgan fingerprint density at radius 1 is 1.33 bits per heavy atom. The quantitative estimate of drug-likeness (QED) is 0.863. The normalized spacial score (nSPS) is 13.2. The molecule has 0 fully saturated rings. The highest BCUT2D eigenvalue weighted by Crippen LogP contribution is 2.29. The van der Waals surface area contributed by atoms with E-state index in [0.29, 0.717) is 12.0 Å². The zero-order valence-corrected chi connectivity index (χ0v) is 9.92. The van der Waals surface area contributed by atoms with Crippen LogP contribution in [0.2, 0.25) is 0 Å². The molecule has 0 aliphatic rings. The van der Waals surface area contributed by atoms with Crippen molar-refractivity contribution in [2.45, 2.75) is 12.6 Å². The molecule has 1 aromatic carbocycles. The monoisotopic (exact) mass is 260 g/mol. The average molecular weight is 260 g/mol. The fourth-order valence-electron chi connectivity index (χ4n) is 1.60. The zero-order chi connectivity index (χ0) is 13.8. The summed E-state index contributed by atoms with van der Waals surface area (Å²) >= 11 is 0. The molecule has 1 rings (SSSR count). The van der Waals surface area contributed by atoms with Gasteiger partial charge in [0.15, 0.2) is 0 Å². The van der Waals surface area contributed by atoms with Gasteiger partial charge >= 0.3 is 6.18 Å². The average Bonchev–Trinajstić information content (AvgIpc) is 2.34. The minimum absolute atomic E-state index is 0.153. The highest BCUT2D eigenvalue weighted by atomic mass is 19.4. The van der Waals surface area contributed by atoms with E-state index in [-0.39, 0.29) is 12.5 Å². The highest BCUT2D eigenvalue weighted by molar-refractivity contribution is 5.78. The van der Waals surface area contributed by atoms with E-state index in [0.717, 1.165) is 12.1 Å². The van der Waals surface area contributed by atoms with Crippen molar-refractivity contribution in [3.63, 3.8) is 0 Å². The van der Waals surface area contributed by atoms with Crippen molar-refractivity contribution in [3.05, 3.63) is 35.4 Å². The van der Waals surface area contributed by atoms with Gasteiger partial charge in [0.1, 0.15) is 0 Å². The second-order valence-electron chi connectivity index (χ2n) is 3.95. The molecule has 1 amide bonds. The molecule has 1 atom stereocenters. The van der Waals surface area contributed by atoms with Gasteiger partial charge < -0.3 is 11.1 Å². The van der Waals surface area contributed by atoms with Gasteiger partial charge in [0.05, 0.1) is 11.5 Å². The van der Waals surface area contributed by atoms with Crippen LogP contribution in [-0.2, 0) is 17.4 Å². The Morgan fingerprint density at radius 2 is 1.89 bits per heavy atom. The molecule has 3 nitrogen and oxygen atoms in total. The Kier molecular flexibility index (Phi) is 4.72. The van der Waals surface area contributed by atoms with Crippen molar-refractivity contribution in [1.82, 2.24) is 5.32 Å². The van der Waals surface area contributed by atoms with Crippen LogP contribution in [0.15, 0.2) is 24.3 Å². The highest BCUT2D eigenvalue weighted by Gasteiger charge is 2.30. The van der Waals surface area contributed by atoms with Crippen LogP contribution in [-0.4, -0.2) is 19.5 Å². The molecule has 0 unspecified atom stereocenters. The molecule has 0 aromatic heterocycles. The van der Waals surface area contributed by atoms with E-state index in [1.54, 1.807) is 0 Å². The van der Waals surface area contributed by atoms with Crippen molar-refractivity contribution in [3.8, 4) is 0 Å². The van der Waals surface area contributed by atoms with Crippen LogP contribution in [0.4, 0.5) is 13.2 Å². The Bertz CT molecular complexity index is 401. The van der Waals surface area contributed by atoms with Crippen LogP contribution in [0.3, 0.4) is 0 Å². The predicted octanol–water partition coefficient (Wildman–Crippen LogP) is 1.57. The van der Waals surface area contributed by atoms with Crippen LogP contribution in [0.5, 0.6) is 0 Å². The fraction of sp³-hybridized carbons (Fsp3) is 0.417. The van der Waals surface area contributed by atoms with Gasteiger partial charge in [-0.15, -0.1) is 0 Å². The maximum Gasteiger partial charge on any atom is 0.416 e. The first kappa shape index (κ1) is 14.5.